The lowest BCUT2D eigenvalue weighted by Crippen LogP contribution is -2.25. The van der Waals surface area contributed by atoms with E-state index in [1.807, 2.05) is 19.2 Å². The molecular formula is C16H20N4O2. The van der Waals surface area contributed by atoms with Crippen LogP contribution in [0.5, 0.6) is 0 Å². The Kier molecular flexibility index (Phi) is 4.20. The van der Waals surface area contributed by atoms with E-state index in [4.69, 9.17) is 0 Å². The van der Waals surface area contributed by atoms with Crippen LogP contribution < -0.4 is 5.32 Å². The van der Waals surface area contributed by atoms with E-state index in [0.29, 0.717) is 18.0 Å². The van der Waals surface area contributed by atoms with Crippen molar-refractivity contribution in [1.29, 1.82) is 0 Å². The predicted molar refractivity (Wildman–Crippen MR) is 81.8 cm³/mol. The zero-order valence-electron chi connectivity index (χ0n) is 12.6. The molecule has 0 fully saturated rings. The summed E-state index contributed by atoms with van der Waals surface area (Å²) in [6, 6.07) is 5.52. The molecule has 0 aliphatic heterocycles. The molecule has 0 saturated carbocycles. The number of nitrogens with zero attached hydrogens (tertiary/aromatic N) is 3. The van der Waals surface area contributed by atoms with E-state index in [-0.39, 0.29) is 0 Å². The first kappa shape index (κ1) is 14.7. The van der Waals surface area contributed by atoms with Gasteiger partial charge in [-0.3, -0.25) is 4.68 Å². The summed E-state index contributed by atoms with van der Waals surface area (Å²) in [7, 11) is 1.87. The Morgan fingerprint density at radius 3 is 3.09 bits per heavy atom. The minimum Gasteiger partial charge on any atom is -0.478 e. The molecule has 0 spiro atoms. The molecule has 1 aliphatic carbocycles. The molecule has 1 heterocycles. The van der Waals surface area contributed by atoms with Crippen LogP contribution in [0.3, 0.4) is 0 Å². The molecule has 6 heteroatoms. The number of carboxylic acids is 1. The van der Waals surface area contributed by atoms with Gasteiger partial charge in [-0.2, -0.15) is 0 Å². The second-order valence-electron chi connectivity index (χ2n) is 5.79. The highest BCUT2D eigenvalue weighted by atomic mass is 16.4. The van der Waals surface area contributed by atoms with Gasteiger partial charge in [0, 0.05) is 20.1 Å². The van der Waals surface area contributed by atoms with Gasteiger partial charge in [0.2, 0.25) is 0 Å². The number of fused-ring (bicyclic) bond motifs is 1. The van der Waals surface area contributed by atoms with Crippen molar-refractivity contribution in [2.75, 3.05) is 6.54 Å². The first-order valence-corrected chi connectivity index (χ1v) is 7.55. The highest BCUT2D eigenvalue weighted by molar-refractivity contribution is 5.88. The maximum absolute atomic E-state index is 11.2. The molecule has 0 radical (unpaired) electrons. The molecule has 116 valence electrons. The smallest absolute Gasteiger partial charge is 0.335 e. The molecule has 2 aromatic rings. The minimum absolute atomic E-state index is 0.365. The number of nitrogens with one attached hydrogen (secondary N) is 1. The average Bonchev–Trinajstić information content (AvgIpc) is 2.92. The van der Waals surface area contributed by atoms with Crippen LogP contribution in [0.25, 0.3) is 0 Å². The Hall–Kier alpha value is -2.21. The number of aromatic carboxylic acids is 1. The molecule has 0 saturated heterocycles. The fraction of sp³-hybridized carbons (Fsp3) is 0.438. The molecule has 3 rings (SSSR count). The van der Waals surface area contributed by atoms with Gasteiger partial charge in [-0.05, 0) is 48.4 Å². The van der Waals surface area contributed by atoms with Crippen molar-refractivity contribution < 1.29 is 9.90 Å². The SMILES string of the molecule is Cn1nncc1CNCC1CCCc2ccc(C(=O)O)cc21. The molecule has 6 nitrogen and oxygen atoms in total. The molecule has 22 heavy (non-hydrogen) atoms. The maximum atomic E-state index is 11.2. The standard InChI is InChI=1S/C16H20N4O2/c1-20-14(10-18-19-20)9-17-8-13-4-2-3-11-5-6-12(16(21)22)7-15(11)13/h5-7,10,13,17H,2-4,8-9H2,1H3,(H,21,22). The Bertz CT molecular complexity index is 681. The number of rotatable bonds is 5. The second kappa shape index (κ2) is 6.27. The van der Waals surface area contributed by atoms with Gasteiger partial charge in [0.1, 0.15) is 0 Å². The van der Waals surface area contributed by atoms with E-state index in [2.05, 4.69) is 15.6 Å². The van der Waals surface area contributed by atoms with Crippen LogP contribution in [0.4, 0.5) is 0 Å². The van der Waals surface area contributed by atoms with Crippen molar-refractivity contribution in [3.8, 4) is 0 Å². The quantitative estimate of drug-likeness (QED) is 0.879. The third-order valence-corrected chi connectivity index (χ3v) is 4.34. The van der Waals surface area contributed by atoms with Crippen molar-refractivity contribution in [1.82, 2.24) is 20.3 Å². The van der Waals surface area contributed by atoms with E-state index >= 15 is 0 Å². The molecule has 0 bridgehead atoms. The Morgan fingerprint density at radius 2 is 2.36 bits per heavy atom. The lowest BCUT2D eigenvalue weighted by molar-refractivity contribution is 0.0696. The van der Waals surface area contributed by atoms with Gasteiger partial charge < -0.3 is 10.4 Å². The first-order valence-electron chi connectivity index (χ1n) is 7.55. The number of benzene rings is 1. The summed E-state index contributed by atoms with van der Waals surface area (Å²) < 4.78 is 1.75. The van der Waals surface area contributed by atoms with Crippen LogP contribution in [0.1, 0.15) is 45.9 Å². The van der Waals surface area contributed by atoms with Gasteiger partial charge >= 0.3 is 5.97 Å². The normalized spacial score (nSPS) is 17.2. The minimum atomic E-state index is -0.860. The zero-order valence-corrected chi connectivity index (χ0v) is 12.6. The summed E-state index contributed by atoms with van der Waals surface area (Å²) in [5.41, 5.74) is 3.88. The van der Waals surface area contributed by atoms with Crippen LogP contribution in [-0.2, 0) is 20.0 Å². The number of carboxylic acid groups (broad SMARTS) is 1. The van der Waals surface area contributed by atoms with Gasteiger partial charge in [-0.1, -0.05) is 11.3 Å². The predicted octanol–water partition coefficient (Wildman–Crippen LogP) is 1.72. The van der Waals surface area contributed by atoms with Gasteiger partial charge in [-0.15, -0.1) is 5.10 Å². The number of aromatic nitrogens is 3. The third-order valence-electron chi connectivity index (χ3n) is 4.34. The molecular weight excluding hydrogens is 280 g/mol. The average molecular weight is 300 g/mol. The Labute approximate surface area is 129 Å². The largest absolute Gasteiger partial charge is 0.478 e. The fourth-order valence-electron chi connectivity index (χ4n) is 3.09. The maximum Gasteiger partial charge on any atom is 0.335 e. The van der Waals surface area contributed by atoms with Gasteiger partial charge in [0.05, 0.1) is 17.5 Å². The van der Waals surface area contributed by atoms with Crippen LogP contribution >= 0.6 is 0 Å². The van der Waals surface area contributed by atoms with Gasteiger partial charge in [0.15, 0.2) is 0 Å². The molecule has 0 amide bonds. The van der Waals surface area contributed by atoms with E-state index in [1.165, 1.54) is 11.1 Å². The summed E-state index contributed by atoms with van der Waals surface area (Å²) >= 11 is 0. The van der Waals surface area contributed by atoms with Crippen molar-refractivity contribution in [3.63, 3.8) is 0 Å². The van der Waals surface area contributed by atoms with Gasteiger partial charge in [0.25, 0.3) is 0 Å². The molecule has 1 aromatic heterocycles. The van der Waals surface area contributed by atoms with Crippen LogP contribution in [0.15, 0.2) is 24.4 Å². The number of hydrogen-bond donors (Lipinski definition) is 2. The van der Waals surface area contributed by atoms with Crippen molar-refractivity contribution in [3.05, 3.63) is 46.8 Å². The highest BCUT2D eigenvalue weighted by Gasteiger charge is 2.21. The van der Waals surface area contributed by atoms with Crippen LogP contribution in [0.2, 0.25) is 0 Å². The number of hydrogen-bond acceptors (Lipinski definition) is 4. The molecule has 1 unspecified atom stereocenters. The van der Waals surface area contributed by atoms with E-state index < -0.39 is 5.97 Å². The summed E-state index contributed by atoms with van der Waals surface area (Å²) in [5, 5.41) is 20.4. The van der Waals surface area contributed by atoms with E-state index in [1.54, 1.807) is 16.9 Å². The van der Waals surface area contributed by atoms with Crippen LogP contribution in [0, 0.1) is 0 Å². The fourth-order valence-corrected chi connectivity index (χ4v) is 3.09. The topological polar surface area (TPSA) is 80.0 Å². The summed E-state index contributed by atoms with van der Waals surface area (Å²) in [6.45, 7) is 1.55. The summed E-state index contributed by atoms with van der Waals surface area (Å²) in [5.74, 6) is -0.495. The highest BCUT2D eigenvalue weighted by Crippen LogP contribution is 2.32. The Morgan fingerprint density at radius 1 is 1.50 bits per heavy atom. The molecule has 2 N–H and O–H groups in total. The van der Waals surface area contributed by atoms with Crippen molar-refractivity contribution in [2.24, 2.45) is 7.05 Å². The van der Waals surface area contributed by atoms with Crippen molar-refractivity contribution >= 4 is 5.97 Å². The van der Waals surface area contributed by atoms with Crippen molar-refractivity contribution in [2.45, 2.75) is 31.7 Å². The lowest BCUT2D eigenvalue weighted by Gasteiger charge is -2.26. The van der Waals surface area contributed by atoms with Crippen LogP contribution in [-0.4, -0.2) is 32.6 Å². The van der Waals surface area contributed by atoms with E-state index in [0.717, 1.165) is 31.5 Å². The monoisotopic (exact) mass is 300 g/mol. The summed E-state index contributed by atoms with van der Waals surface area (Å²) in [4.78, 5) is 11.2. The molecule has 1 aliphatic rings. The first-order chi connectivity index (χ1) is 10.6. The molecule has 1 atom stereocenters. The van der Waals surface area contributed by atoms with E-state index in [9.17, 15) is 9.90 Å². The number of aryl methyl sites for hydroxylation is 2. The third kappa shape index (κ3) is 3.01. The number of carbonyl (C=O) groups is 1. The Balaban J connectivity index is 1.69. The second-order valence-corrected chi connectivity index (χ2v) is 5.79. The molecule has 1 aromatic carbocycles. The zero-order chi connectivity index (χ0) is 15.5. The van der Waals surface area contributed by atoms with Gasteiger partial charge in [-0.25, -0.2) is 4.79 Å². The lowest BCUT2D eigenvalue weighted by atomic mass is 9.82. The summed E-state index contributed by atoms with van der Waals surface area (Å²) in [6.07, 6.45) is 5.04.